The third-order valence-corrected chi connectivity index (χ3v) is 4.47. The second-order valence-corrected chi connectivity index (χ2v) is 6.73. The van der Waals surface area contributed by atoms with Gasteiger partial charge in [0, 0.05) is 23.1 Å². The van der Waals surface area contributed by atoms with Crippen LogP contribution in [0, 0.1) is 11.8 Å². The largest absolute Gasteiger partial charge is 0.481 e. The summed E-state index contributed by atoms with van der Waals surface area (Å²) in [5, 5.41) is 10.0. The average Bonchev–Trinajstić information content (AvgIpc) is 2.44. The Hall–Kier alpha value is -1.46. The van der Waals surface area contributed by atoms with Gasteiger partial charge in [-0.25, -0.2) is 0 Å². The molecule has 0 spiro atoms. The molecule has 1 aromatic rings. The van der Waals surface area contributed by atoms with Crippen LogP contribution in [0.1, 0.15) is 20.3 Å². The summed E-state index contributed by atoms with van der Waals surface area (Å²) in [4.78, 5) is 25.3. The van der Waals surface area contributed by atoms with Gasteiger partial charge in [-0.05, 0) is 37.5 Å². The van der Waals surface area contributed by atoms with Gasteiger partial charge in [-0.3, -0.25) is 9.59 Å². The maximum atomic E-state index is 12.5. The maximum absolute atomic E-state index is 12.5. The van der Waals surface area contributed by atoms with E-state index in [1.807, 2.05) is 6.92 Å². The molecule has 1 N–H and O–H groups in total. The SMILES string of the molecule is CC(Oc1cc(Cl)cc(Cl)c1)C(=O)N1CCC(C(=O)O)C(C)C1. The molecule has 0 saturated carbocycles. The molecule has 3 unspecified atom stereocenters. The second-order valence-electron chi connectivity index (χ2n) is 5.86. The van der Waals surface area contributed by atoms with E-state index in [2.05, 4.69) is 0 Å². The van der Waals surface area contributed by atoms with Crippen molar-refractivity contribution in [3.63, 3.8) is 0 Å². The monoisotopic (exact) mass is 359 g/mol. The van der Waals surface area contributed by atoms with Crippen molar-refractivity contribution in [2.45, 2.75) is 26.4 Å². The highest BCUT2D eigenvalue weighted by molar-refractivity contribution is 6.34. The zero-order chi connectivity index (χ0) is 17.1. The van der Waals surface area contributed by atoms with Crippen molar-refractivity contribution in [1.82, 2.24) is 4.90 Å². The summed E-state index contributed by atoms with van der Waals surface area (Å²) in [6, 6.07) is 4.77. The number of rotatable bonds is 4. The molecule has 7 heteroatoms. The molecular formula is C16H19Cl2NO4. The Morgan fingerprint density at radius 1 is 1.30 bits per heavy atom. The van der Waals surface area contributed by atoms with Gasteiger partial charge in [0.25, 0.3) is 5.91 Å². The molecule has 1 fully saturated rings. The average molecular weight is 360 g/mol. The number of ether oxygens (including phenoxy) is 1. The number of carboxylic acids is 1. The van der Waals surface area contributed by atoms with Crippen LogP contribution in [0.2, 0.25) is 10.0 Å². The minimum Gasteiger partial charge on any atom is -0.481 e. The van der Waals surface area contributed by atoms with Crippen LogP contribution in [-0.2, 0) is 9.59 Å². The molecule has 0 aliphatic carbocycles. The molecule has 1 amide bonds. The summed E-state index contributed by atoms with van der Waals surface area (Å²) in [6.45, 7) is 4.34. The van der Waals surface area contributed by atoms with Gasteiger partial charge in [-0.15, -0.1) is 0 Å². The third-order valence-electron chi connectivity index (χ3n) is 4.03. The topological polar surface area (TPSA) is 66.8 Å². The molecule has 1 heterocycles. The summed E-state index contributed by atoms with van der Waals surface area (Å²) in [5.74, 6) is -1.03. The van der Waals surface area contributed by atoms with Crippen molar-refractivity contribution in [3.8, 4) is 5.75 Å². The highest BCUT2D eigenvalue weighted by Crippen LogP contribution is 2.27. The van der Waals surface area contributed by atoms with E-state index in [0.717, 1.165) is 0 Å². The number of carbonyl (C=O) groups is 2. The van der Waals surface area contributed by atoms with Gasteiger partial charge < -0.3 is 14.7 Å². The molecule has 0 aromatic heterocycles. The summed E-state index contributed by atoms with van der Waals surface area (Å²) in [5.41, 5.74) is 0. The fourth-order valence-electron chi connectivity index (χ4n) is 2.82. The van der Waals surface area contributed by atoms with Gasteiger partial charge in [0.2, 0.25) is 0 Å². The van der Waals surface area contributed by atoms with Gasteiger partial charge >= 0.3 is 5.97 Å². The Morgan fingerprint density at radius 2 is 1.91 bits per heavy atom. The molecule has 0 bridgehead atoms. The van der Waals surface area contributed by atoms with Crippen LogP contribution in [-0.4, -0.2) is 41.1 Å². The minimum absolute atomic E-state index is 0.0852. The van der Waals surface area contributed by atoms with Gasteiger partial charge in [0.05, 0.1) is 5.92 Å². The summed E-state index contributed by atoms with van der Waals surface area (Å²) in [7, 11) is 0. The predicted octanol–water partition coefficient (Wildman–Crippen LogP) is 3.33. The molecule has 126 valence electrons. The first-order chi connectivity index (χ1) is 10.8. The summed E-state index contributed by atoms with van der Waals surface area (Å²) < 4.78 is 5.62. The first-order valence-corrected chi connectivity index (χ1v) is 8.18. The number of hydrogen-bond donors (Lipinski definition) is 1. The molecule has 1 aliphatic heterocycles. The van der Waals surface area contributed by atoms with Gasteiger partial charge in [-0.2, -0.15) is 0 Å². The lowest BCUT2D eigenvalue weighted by Crippen LogP contribution is -2.49. The van der Waals surface area contributed by atoms with Gasteiger partial charge in [0.15, 0.2) is 6.10 Å². The van der Waals surface area contributed by atoms with Crippen molar-refractivity contribution in [1.29, 1.82) is 0 Å². The van der Waals surface area contributed by atoms with E-state index < -0.39 is 18.0 Å². The van der Waals surface area contributed by atoms with Crippen LogP contribution in [0.25, 0.3) is 0 Å². The lowest BCUT2D eigenvalue weighted by molar-refractivity contribution is -0.150. The van der Waals surface area contributed by atoms with Crippen molar-refractivity contribution in [2.24, 2.45) is 11.8 Å². The Morgan fingerprint density at radius 3 is 2.43 bits per heavy atom. The second kappa shape index (κ2) is 7.41. The predicted molar refractivity (Wildman–Crippen MR) is 88.0 cm³/mol. The van der Waals surface area contributed by atoms with Crippen LogP contribution in [0.4, 0.5) is 0 Å². The third kappa shape index (κ3) is 4.52. The molecule has 23 heavy (non-hydrogen) atoms. The maximum Gasteiger partial charge on any atom is 0.306 e. The number of piperidine rings is 1. The number of aliphatic carboxylic acids is 1. The number of carboxylic acid groups (broad SMARTS) is 1. The van der Waals surface area contributed by atoms with E-state index in [4.69, 9.17) is 33.0 Å². The Balaban J connectivity index is 1.99. The number of amides is 1. The molecule has 5 nitrogen and oxygen atoms in total. The van der Waals surface area contributed by atoms with Crippen LogP contribution in [0.3, 0.4) is 0 Å². The standard InChI is InChI=1S/C16H19Cl2NO4/c1-9-8-19(4-3-14(9)16(21)22)15(20)10(2)23-13-6-11(17)5-12(18)7-13/h5-7,9-10,14H,3-4,8H2,1-2H3,(H,21,22). The van der Waals surface area contributed by atoms with E-state index in [1.165, 1.54) is 0 Å². The molecule has 1 aliphatic rings. The smallest absolute Gasteiger partial charge is 0.306 e. The van der Waals surface area contributed by atoms with E-state index in [0.29, 0.717) is 35.3 Å². The van der Waals surface area contributed by atoms with E-state index in [9.17, 15) is 9.59 Å². The molecule has 0 radical (unpaired) electrons. The Labute approximate surface area is 145 Å². The first-order valence-electron chi connectivity index (χ1n) is 7.42. The van der Waals surface area contributed by atoms with Crippen LogP contribution >= 0.6 is 23.2 Å². The number of carbonyl (C=O) groups excluding carboxylic acids is 1. The van der Waals surface area contributed by atoms with E-state index in [-0.39, 0.29) is 11.8 Å². The molecule has 2 rings (SSSR count). The Kier molecular flexibility index (Phi) is 5.76. The number of benzene rings is 1. The quantitative estimate of drug-likeness (QED) is 0.895. The highest BCUT2D eigenvalue weighted by atomic mass is 35.5. The molecular weight excluding hydrogens is 341 g/mol. The summed E-state index contributed by atoms with van der Waals surface area (Å²) >= 11 is 11.8. The zero-order valence-electron chi connectivity index (χ0n) is 13.0. The van der Waals surface area contributed by atoms with Crippen LogP contribution < -0.4 is 4.74 Å². The number of nitrogens with zero attached hydrogens (tertiary/aromatic N) is 1. The van der Waals surface area contributed by atoms with Crippen LogP contribution in [0.5, 0.6) is 5.75 Å². The van der Waals surface area contributed by atoms with Crippen molar-refractivity contribution in [3.05, 3.63) is 28.2 Å². The number of likely N-dealkylation sites (tertiary alicyclic amines) is 1. The first kappa shape index (κ1) is 17.9. The van der Waals surface area contributed by atoms with E-state index in [1.54, 1.807) is 30.0 Å². The molecule has 1 saturated heterocycles. The van der Waals surface area contributed by atoms with Gasteiger partial charge in [-0.1, -0.05) is 30.1 Å². The van der Waals surface area contributed by atoms with Gasteiger partial charge in [0.1, 0.15) is 5.75 Å². The highest BCUT2D eigenvalue weighted by Gasteiger charge is 2.34. The molecule has 1 aromatic carbocycles. The summed E-state index contributed by atoms with van der Waals surface area (Å²) in [6.07, 6.45) is -0.240. The lowest BCUT2D eigenvalue weighted by Gasteiger charge is -2.36. The van der Waals surface area contributed by atoms with Crippen molar-refractivity contribution in [2.75, 3.05) is 13.1 Å². The van der Waals surface area contributed by atoms with Crippen molar-refractivity contribution < 1.29 is 19.4 Å². The Bertz CT molecular complexity index is 587. The van der Waals surface area contributed by atoms with Crippen LogP contribution in [0.15, 0.2) is 18.2 Å². The minimum atomic E-state index is -0.803. The fourth-order valence-corrected chi connectivity index (χ4v) is 3.33. The fraction of sp³-hybridized carbons (Fsp3) is 0.500. The molecule has 3 atom stereocenters. The van der Waals surface area contributed by atoms with Crippen molar-refractivity contribution >= 4 is 35.1 Å². The number of halogens is 2. The normalized spacial score (nSPS) is 22.5. The number of hydrogen-bond acceptors (Lipinski definition) is 3. The van der Waals surface area contributed by atoms with E-state index >= 15 is 0 Å². The lowest BCUT2D eigenvalue weighted by atomic mass is 9.87. The zero-order valence-corrected chi connectivity index (χ0v) is 14.5.